The number of hydrogen-bond donors (Lipinski definition) is 0. The zero-order chi connectivity index (χ0) is 43.7. The van der Waals surface area contributed by atoms with Gasteiger partial charge in [-0.05, 0) is 57.8 Å². The van der Waals surface area contributed by atoms with E-state index >= 15 is 0 Å². The van der Waals surface area contributed by atoms with Crippen LogP contribution in [0.25, 0.3) is 0 Å². The maximum absolute atomic E-state index is 12.8. The molecule has 0 aliphatic heterocycles. The average molecular weight is 841 g/mol. The number of carbonyl (C=O) groups is 3. The van der Waals surface area contributed by atoms with Crippen molar-refractivity contribution in [2.75, 3.05) is 13.2 Å². The van der Waals surface area contributed by atoms with Gasteiger partial charge in [-0.1, -0.05) is 230 Å². The minimum Gasteiger partial charge on any atom is -0.462 e. The minimum atomic E-state index is -0.773. The van der Waals surface area contributed by atoms with Crippen molar-refractivity contribution < 1.29 is 28.6 Å². The summed E-state index contributed by atoms with van der Waals surface area (Å²) in [6.07, 6.45) is 58.1. The second-order valence-corrected chi connectivity index (χ2v) is 17.1. The summed E-state index contributed by atoms with van der Waals surface area (Å²) in [4.78, 5) is 37.9. The molecule has 0 saturated carbocycles. The Labute approximate surface area is 371 Å². The molecule has 0 aliphatic rings. The molecule has 0 saturated heterocycles. The Balaban J connectivity index is 4.32. The Morgan fingerprint density at radius 3 is 1.02 bits per heavy atom. The summed E-state index contributed by atoms with van der Waals surface area (Å²) in [7, 11) is 0. The highest BCUT2D eigenvalue weighted by atomic mass is 16.6. The van der Waals surface area contributed by atoms with Gasteiger partial charge < -0.3 is 14.2 Å². The number of rotatable bonds is 46. The highest BCUT2D eigenvalue weighted by Gasteiger charge is 2.19. The van der Waals surface area contributed by atoms with Crippen LogP contribution in [-0.4, -0.2) is 37.2 Å². The van der Waals surface area contributed by atoms with Crippen molar-refractivity contribution in [1.82, 2.24) is 0 Å². The molecule has 0 aliphatic carbocycles. The molecule has 0 heterocycles. The molecule has 1 atom stereocenters. The van der Waals surface area contributed by atoms with Gasteiger partial charge in [0.1, 0.15) is 13.2 Å². The SMILES string of the molecule is CC/C=C\C/C=C\C/C=C\C/C=C\CCCCCCCCC(=O)OCC(COC(=O)CCCCCCCCCCC)OC(=O)CCCCCCCCCCCCCCCC. The predicted octanol–water partition coefficient (Wildman–Crippen LogP) is 16.7. The molecule has 0 aromatic carbocycles. The quantitative estimate of drug-likeness (QED) is 0.0263. The van der Waals surface area contributed by atoms with E-state index in [9.17, 15) is 14.4 Å². The third-order valence-electron chi connectivity index (χ3n) is 11.1. The molecule has 348 valence electrons. The zero-order valence-electron chi connectivity index (χ0n) is 39.7. The van der Waals surface area contributed by atoms with Crippen LogP contribution in [0.1, 0.15) is 258 Å². The van der Waals surface area contributed by atoms with Crippen molar-refractivity contribution >= 4 is 17.9 Å². The first-order valence-electron chi connectivity index (χ1n) is 25.6. The molecule has 0 aromatic rings. The number of allylic oxidation sites excluding steroid dienone is 8. The van der Waals surface area contributed by atoms with Crippen LogP contribution in [0.2, 0.25) is 0 Å². The zero-order valence-corrected chi connectivity index (χ0v) is 39.7. The van der Waals surface area contributed by atoms with Crippen molar-refractivity contribution in [3.05, 3.63) is 48.6 Å². The van der Waals surface area contributed by atoms with Crippen molar-refractivity contribution in [1.29, 1.82) is 0 Å². The van der Waals surface area contributed by atoms with Crippen LogP contribution in [0.4, 0.5) is 0 Å². The highest BCUT2D eigenvalue weighted by Crippen LogP contribution is 2.15. The van der Waals surface area contributed by atoms with Crippen molar-refractivity contribution in [2.24, 2.45) is 0 Å². The van der Waals surface area contributed by atoms with Crippen LogP contribution < -0.4 is 0 Å². The van der Waals surface area contributed by atoms with Gasteiger partial charge >= 0.3 is 17.9 Å². The number of ether oxygens (including phenoxy) is 3. The van der Waals surface area contributed by atoms with E-state index in [1.54, 1.807) is 0 Å². The minimum absolute atomic E-state index is 0.0745. The van der Waals surface area contributed by atoms with Crippen LogP contribution in [0.15, 0.2) is 48.6 Å². The van der Waals surface area contributed by atoms with Gasteiger partial charge in [0.2, 0.25) is 0 Å². The lowest BCUT2D eigenvalue weighted by atomic mass is 10.0. The first-order chi connectivity index (χ1) is 29.5. The summed E-state index contributed by atoms with van der Waals surface area (Å²) in [5, 5.41) is 0. The topological polar surface area (TPSA) is 78.9 Å². The summed E-state index contributed by atoms with van der Waals surface area (Å²) in [6, 6.07) is 0. The summed E-state index contributed by atoms with van der Waals surface area (Å²) < 4.78 is 16.8. The molecule has 0 bridgehead atoms. The standard InChI is InChI=1S/C54H96O6/c1-4-7-10-13-16-19-21-23-25-26-27-28-29-31-32-35-38-41-44-47-53(56)59-50-51(49-58-52(55)46-43-40-37-34-18-15-12-9-6-3)60-54(57)48-45-42-39-36-33-30-24-22-20-17-14-11-8-5-2/h7,10,16,19,23,25,27-28,51H,4-6,8-9,11-15,17-18,20-22,24,26,29-50H2,1-3H3/b10-7-,19-16-,25-23-,28-27-. The van der Waals surface area contributed by atoms with Crippen LogP contribution in [0.5, 0.6) is 0 Å². The van der Waals surface area contributed by atoms with Crippen molar-refractivity contribution in [3.63, 3.8) is 0 Å². The van der Waals surface area contributed by atoms with E-state index in [-0.39, 0.29) is 31.1 Å². The maximum Gasteiger partial charge on any atom is 0.306 e. The first-order valence-corrected chi connectivity index (χ1v) is 25.6. The van der Waals surface area contributed by atoms with Gasteiger partial charge in [0.15, 0.2) is 6.10 Å². The largest absolute Gasteiger partial charge is 0.462 e. The Bertz CT molecular complexity index is 1060. The van der Waals surface area contributed by atoms with Gasteiger partial charge in [0.05, 0.1) is 0 Å². The summed E-state index contributed by atoms with van der Waals surface area (Å²) in [5.41, 5.74) is 0. The third kappa shape index (κ3) is 46.4. The molecule has 0 amide bonds. The van der Waals surface area contributed by atoms with Gasteiger partial charge in [0.25, 0.3) is 0 Å². The number of hydrogen-bond acceptors (Lipinski definition) is 6. The smallest absolute Gasteiger partial charge is 0.306 e. The lowest BCUT2D eigenvalue weighted by Crippen LogP contribution is -2.30. The third-order valence-corrected chi connectivity index (χ3v) is 11.1. The fourth-order valence-corrected chi connectivity index (χ4v) is 7.26. The molecule has 1 unspecified atom stereocenters. The monoisotopic (exact) mass is 841 g/mol. The average Bonchev–Trinajstić information content (AvgIpc) is 3.24. The molecule has 0 radical (unpaired) electrons. The van der Waals surface area contributed by atoms with Crippen LogP contribution in [0.3, 0.4) is 0 Å². The molecule has 6 nitrogen and oxygen atoms in total. The van der Waals surface area contributed by atoms with Gasteiger partial charge in [-0.2, -0.15) is 0 Å². The highest BCUT2D eigenvalue weighted by molar-refractivity contribution is 5.71. The Kier molecular flexibility index (Phi) is 46.9. The number of unbranched alkanes of at least 4 members (excludes halogenated alkanes) is 27. The molecule has 0 rings (SSSR count). The molecule has 60 heavy (non-hydrogen) atoms. The number of carbonyl (C=O) groups excluding carboxylic acids is 3. The Morgan fingerprint density at radius 1 is 0.350 bits per heavy atom. The molecule has 0 aromatic heterocycles. The predicted molar refractivity (Wildman–Crippen MR) is 256 cm³/mol. The van der Waals surface area contributed by atoms with Gasteiger partial charge in [-0.15, -0.1) is 0 Å². The van der Waals surface area contributed by atoms with E-state index < -0.39 is 6.10 Å². The molecule has 6 heteroatoms. The van der Waals surface area contributed by atoms with Crippen molar-refractivity contribution in [2.45, 2.75) is 264 Å². The second kappa shape index (κ2) is 49.0. The molecule has 0 fully saturated rings. The summed E-state index contributed by atoms with van der Waals surface area (Å²) in [6.45, 7) is 6.51. The van der Waals surface area contributed by atoms with E-state index in [1.165, 1.54) is 128 Å². The Morgan fingerprint density at radius 2 is 0.650 bits per heavy atom. The fraction of sp³-hybridized carbons (Fsp3) is 0.796. The molecule has 0 N–H and O–H groups in total. The second-order valence-electron chi connectivity index (χ2n) is 17.1. The van der Waals surface area contributed by atoms with Gasteiger partial charge in [0, 0.05) is 19.3 Å². The lowest BCUT2D eigenvalue weighted by Gasteiger charge is -2.18. The molecular formula is C54H96O6. The maximum atomic E-state index is 12.8. The first kappa shape index (κ1) is 57.4. The summed E-state index contributed by atoms with van der Waals surface area (Å²) in [5.74, 6) is -0.883. The molecule has 0 spiro atoms. The normalized spacial score (nSPS) is 12.4. The van der Waals surface area contributed by atoms with E-state index in [2.05, 4.69) is 69.4 Å². The lowest BCUT2D eigenvalue weighted by molar-refractivity contribution is -0.167. The molecular weight excluding hydrogens is 745 g/mol. The van der Waals surface area contributed by atoms with Crippen molar-refractivity contribution in [3.8, 4) is 0 Å². The van der Waals surface area contributed by atoms with E-state index in [4.69, 9.17) is 14.2 Å². The Hall–Kier alpha value is -2.63. The summed E-state index contributed by atoms with van der Waals surface area (Å²) >= 11 is 0. The number of esters is 3. The van der Waals surface area contributed by atoms with Crippen LogP contribution in [-0.2, 0) is 28.6 Å². The van der Waals surface area contributed by atoms with Gasteiger partial charge in [-0.25, -0.2) is 0 Å². The van der Waals surface area contributed by atoms with E-state index in [0.717, 1.165) is 89.9 Å². The van der Waals surface area contributed by atoms with E-state index in [0.29, 0.717) is 19.3 Å². The van der Waals surface area contributed by atoms with Crippen LogP contribution in [0, 0.1) is 0 Å². The van der Waals surface area contributed by atoms with E-state index in [1.807, 2.05) is 0 Å². The fourth-order valence-electron chi connectivity index (χ4n) is 7.26. The van der Waals surface area contributed by atoms with Crippen LogP contribution >= 0.6 is 0 Å². The van der Waals surface area contributed by atoms with Gasteiger partial charge in [-0.3, -0.25) is 14.4 Å².